The van der Waals surface area contributed by atoms with Gasteiger partial charge in [0.2, 0.25) is 0 Å². The molecule has 0 fully saturated rings. The van der Waals surface area contributed by atoms with E-state index in [1.54, 1.807) is 0 Å². The maximum absolute atomic E-state index is 13.7. The first kappa shape index (κ1) is 18.8. The molecule has 0 radical (unpaired) electrons. The third-order valence-electron chi connectivity index (χ3n) is 3.88. The van der Waals surface area contributed by atoms with Crippen molar-refractivity contribution in [2.45, 2.75) is 40.5 Å². The number of anilines is 1. The quantitative estimate of drug-likeness (QED) is 0.726. The lowest BCUT2D eigenvalue weighted by Crippen LogP contribution is -2.01. The summed E-state index contributed by atoms with van der Waals surface area (Å²) < 4.78 is 26.6. The molecule has 0 saturated carbocycles. The van der Waals surface area contributed by atoms with Gasteiger partial charge >= 0.3 is 0 Å². The van der Waals surface area contributed by atoms with Crippen LogP contribution in [0.4, 0.5) is 14.5 Å². The van der Waals surface area contributed by atoms with Crippen molar-refractivity contribution in [2.75, 3.05) is 5.32 Å². The van der Waals surface area contributed by atoms with Crippen LogP contribution < -0.4 is 5.32 Å². The maximum atomic E-state index is 13.7. The molecule has 1 N–H and O–H groups in total. The Kier molecular flexibility index (Phi) is 6.39. The van der Waals surface area contributed by atoms with E-state index in [4.69, 9.17) is 0 Å². The molecule has 0 aliphatic rings. The minimum atomic E-state index is -0.657. The molecular weight excluding hydrogens is 320 g/mol. The van der Waals surface area contributed by atoms with Crippen LogP contribution in [0.15, 0.2) is 47.9 Å². The number of nitrogens with one attached hydrogen (secondary N) is 1. The smallest absolute Gasteiger partial charge is 0.147 e. The van der Waals surface area contributed by atoms with Gasteiger partial charge in [0.05, 0.1) is 11.9 Å². The number of hydrogen-bond donors (Lipinski definition) is 1. The lowest BCUT2D eigenvalue weighted by molar-refractivity contribution is 0.557. The van der Waals surface area contributed by atoms with E-state index in [-0.39, 0.29) is 5.69 Å². The number of pyridine rings is 2. The predicted molar refractivity (Wildman–Crippen MR) is 97.3 cm³/mol. The van der Waals surface area contributed by atoms with Crippen molar-refractivity contribution in [1.82, 2.24) is 9.97 Å². The van der Waals surface area contributed by atoms with Crippen LogP contribution in [-0.4, -0.2) is 9.97 Å². The fourth-order valence-electron chi connectivity index (χ4n) is 2.48. The van der Waals surface area contributed by atoms with Crippen LogP contribution in [0, 0.1) is 25.5 Å². The largest absolute Gasteiger partial charge is 0.359 e. The molecule has 0 atom stereocenters. The number of aryl methyl sites for hydroxylation is 3. The van der Waals surface area contributed by atoms with E-state index in [2.05, 4.69) is 15.3 Å². The predicted octanol–water partition coefficient (Wildman–Crippen LogP) is 5.27. The summed E-state index contributed by atoms with van der Waals surface area (Å²) in [6.07, 6.45) is 7.94. The maximum Gasteiger partial charge on any atom is 0.147 e. The van der Waals surface area contributed by atoms with Gasteiger partial charge in [0, 0.05) is 29.3 Å². The van der Waals surface area contributed by atoms with Crippen molar-refractivity contribution >= 4 is 5.69 Å². The summed E-state index contributed by atoms with van der Waals surface area (Å²) in [7, 11) is 0. The molecule has 2 rings (SSSR count). The molecule has 0 aliphatic carbocycles. The van der Waals surface area contributed by atoms with Gasteiger partial charge in [-0.1, -0.05) is 11.6 Å². The lowest BCUT2D eigenvalue weighted by Gasteiger charge is -2.11. The van der Waals surface area contributed by atoms with Crippen molar-refractivity contribution in [2.24, 2.45) is 0 Å². The van der Waals surface area contributed by atoms with E-state index in [0.717, 1.165) is 40.5 Å². The Bertz CT molecular complexity index is 811. The fourth-order valence-corrected chi connectivity index (χ4v) is 2.48. The first-order valence-electron chi connectivity index (χ1n) is 8.22. The van der Waals surface area contributed by atoms with Gasteiger partial charge in [0.1, 0.15) is 11.6 Å². The molecule has 0 spiro atoms. The minimum absolute atomic E-state index is 0.278. The van der Waals surface area contributed by atoms with Gasteiger partial charge in [-0.25, -0.2) is 8.78 Å². The number of halogens is 2. The molecule has 5 heteroatoms. The molecule has 25 heavy (non-hydrogen) atoms. The van der Waals surface area contributed by atoms with Gasteiger partial charge in [-0.3, -0.25) is 9.97 Å². The molecule has 0 aliphatic heterocycles. The van der Waals surface area contributed by atoms with Crippen molar-refractivity contribution in [3.8, 4) is 0 Å². The molecule has 0 saturated heterocycles. The topological polar surface area (TPSA) is 37.8 Å². The average molecular weight is 343 g/mol. The van der Waals surface area contributed by atoms with E-state index in [0.29, 0.717) is 12.8 Å². The van der Waals surface area contributed by atoms with Gasteiger partial charge < -0.3 is 5.32 Å². The fraction of sp³-hybridized carbons (Fsp3) is 0.300. The molecule has 132 valence electrons. The van der Waals surface area contributed by atoms with Crippen LogP contribution in [-0.2, 0) is 6.42 Å². The highest BCUT2D eigenvalue weighted by molar-refractivity contribution is 5.54. The molecule has 2 heterocycles. The van der Waals surface area contributed by atoms with Gasteiger partial charge in [-0.15, -0.1) is 0 Å². The van der Waals surface area contributed by atoms with Crippen molar-refractivity contribution in [3.05, 3.63) is 76.5 Å². The van der Waals surface area contributed by atoms with Crippen LogP contribution in [0.2, 0.25) is 0 Å². The van der Waals surface area contributed by atoms with Crippen molar-refractivity contribution in [3.63, 3.8) is 0 Å². The monoisotopic (exact) mass is 343 g/mol. The minimum Gasteiger partial charge on any atom is -0.359 e. The Morgan fingerprint density at radius 3 is 2.60 bits per heavy atom. The zero-order valence-electron chi connectivity index (χ0n) is 15.0. The summed E-state index contributed by atoms with van der Waals surface area (Å²) in [6, 6.07) is 2.87. The second-order valence-corrected chi connectivity index (χ2v) is 6.04. The van der Waals surface area contributed by atoms with E-state index in [9.17, 15) is 8.78 Å². The van der Waals surface area contributed by atoms with Gasteiger partial charge in [-0.05, 0) is 58.2 Å². The highest BCUT2D eigenvalue weighted by atomic mass is 19.1. The summed E-state index contributed by atoms with van der Waals surface area (Å²) in [5.41, 5.74) is 5.35. The summed E-state index contributed by atoms with van der Waals surface area (Å²) >= 11 is 0. The number of hydrogen-bond acceptors (Lipinski definition) is 3. The number of nitrogens with zero attached hydrogens (tertiary/aromatic N) is 2. The third-order valence-corrected chi connectivity index (χ3v) is 3.88. The highest BCUT2D eigenvalue weighted by Gasteiger charge is 2.07. The Morgan fingerprint density at radius 2 is 1.92 bits per heavy atom. The molecule has 2 aromatic heterocycles. The zero-order chi connectivity index (χ0) is 18.4. The van der Waals surface area contributed by atoms with Crippen LogP contribution >= 0.6 is 0 Å². The van der Waals surface area contributed by atoms with Gasteiger partial charge in [0.15, 0.2) is 0 Å². The zero-order valence-corrected chi connectivity index (χ0v) is 15.0. The first-order chi connectivity index (χ1) is 11.9. The Morgan fingerprint density at radius 1 is 1.16 bits per heavy atom. The highest BCUT2D eigenvalue weighted by Crippen LogP contribution is 2.19. The molecule has 0 unspecified atom stereocenters. The molecular formula is C20H23F2N3. The first-order valence-corrected chi connectivity index (χ1v) is 8.22. The van der Waals surface area contributed by atoms with Crippen LogP contribution in [0.3, 0.4) is 0 Å². The summed E-state index contributed by atoms with van der Waals surface area (Å²) in [6.45, 7) is 7.87. The van der Waals surface area contributed by atoms with Crippen LogP contribution in [0.5, 0.6) is 0 Å². The van der Waals surface area contributed by atoms with Crippen LogP contribution in [0.1, 0.15) is 37.2 Å². The number of rotatable bonds is 6. The van der Waals surface area contributed by atoms with Crippen molar-refractivity contribution in [1.29, 1.82) is 0 Å². The summed E-state index contributed by atoms with van der Waals surface area (Å²) in [5, 5.41) is 3.37. The SMILES string of the molecule is C/C=C(\C=C(\C)Nc1cc(C)ncc1C)CCc1ncc(F)cc1F. The molecule has 0 bridgehead atoms. The van der Waals surface area contributed by atoms with Gasteiger partial charge in [-0.2, -0.15) is 0 Å². The lowest BCUT2D eigenvalue weighted by atomic mass is 10.1. The van der Waals surface area contributed by atoms with Crippen LogP contribution in [0.25, 0.3) is 0 Å². The van der Waals surface area contributed by atoms with E-state index in [1.165, 1.54) is 0 Å². The van der Waals surface area contributed by atoms with Crippen molar-refractivity contribution < 1.29 is 8.78 Å². The normalized spacial score (nSPS) is 12.4. The van der Waals surface area contributed by atoms with E-state index < -0.39 is 11.6 Å². The average Bonchev–Trinajstić information content (AvgIpc) is 2.56. The standard InChI is InChI=1S/C20H23F2N3/c1-5-16(6-7-19-18(22)10-17(21)12-24-19)8-15(4)25-20-9-14(3)23-11-13(20)2/h5,8-12H,6-7H2,1-4H3,(H,23,25)/b15-8-,16-5-. The Labute approximate surface area is 147 Å². The Hall–Kier alpha value is -2.56. The van der Waals surface area contributed by atoms with E-state index >= 15 is 0 Å². The summed E-state index contributed by atoms with van der Waals surface area (Å²) in [4.78, 5) is 8.09. The van der Waals surface area contributed by atoms with E-state index in [1.807, 2.05) is 52.1 Å². The molecule has 3 nitrogen and oxygen atoms in total. The molecule has 2 aromatic rings. The third kappa shape index (κ3) is 5.48. The summed E-state index contributed by atoms with van der Waals surface area (Å²) in [5.74, 6) is -1.26. The number of allylic oxidation sites excluding steroid dienone is 4. The molecule has 0 aromatic carbocycles. The second kappa shape index (κ2) is 8.51. The molecule has 0 amide bonds. The number of aromatic nitrogens is 2. The Balaban J connectivity index is 2.04. The van der Waals surface area contributed by atoms with Gasteiger partial charge in [0.25, 0.3) is 0 Å². The second-order valence-electron chi connectivity index (χ2n) is 6.04.